The molecule has 0 bridgehead atoms. The van der Waals surface area contributed by atoms with Gasteiger partial charge >= 0.3 is 0 Å². The number of halogens is 1. The molecule has 1 atom stereocenters. The third-order valence-corrected chi connectivity index (χ3v) is 5.05. The molecule has 1 unspecified atom stereocenters. The molecule has 7 heteroatoms. The average Bonchev–Trinajstić information content (AvgIpc) is 2.78. The second kappa shape index (κ2) is 5.73. The molecule has 3 rings (SSSR count). The van der Waals surface area contributed by atoms with Crippen molar-refractivity contribution in [1.82, 2.24) is 15.1 Å². The second-order valence-corrected chi connectivity index (χ2v) is 6.89. The maximum Gasteiger partial charge on any atom is 0.270 e. The Balaban J connectivity index is 1.86. The summed E-state index contributed by atoms with van der Waals surface area (Å²) in [6.45, 7) is 0. The number of carbonyl (C=O) groups excluding carboxylic acids is 1. The highest BCUT2D eigenvalue weighted by Gasteiger charge is 2.24. The largest absolute Gasteiger partial charge is 0.343 e. The number of nitrogens with zero attached hydrogens (tertiary/aromatic N) is 1. The number of carbonyl (C=O) groups is 1. The average molecular weight is 368 g/mol. The fourth-order valence-corrected chi connectivity index (χ4v) is 3.92. The molecule has 2 N–H and O–H groups in total. The maximum absolute atomic E-state index is 12.3. The van der Waals surface area contributed by atoms with E-state index in [0.717, 1.165) is 21.5 Å². The van der Waals surface area contributed by atoms with Crippen LogP contribution in [0.4, 0.5) is 0 Å². The quantitative estimate of drug-likeness (QED) is 0.854. The second-order valence-electron chi connectivity index (χ2n) is 4.95. The van der Waals surface area contributed by atoms with Crippen LogP contribution >= 0.6 is 27.7 Å². The van der Waals surface area contributed by atoms with E-state index in [1.165, 1.54) is 16.3 Å². The SMILES string of the molecule is Cn1[nH]c(=O)cc1C(=O)NC1CSCc2ccc(Br)cc21. The molecule has 1 amide bonds. The number of fused-ring (bicyclic) bond motifs is 1. The van der Waals surface area contributed by atoms with Crippen LogP contribution in [0.25, 0.3) is 0 Å². The summed E-state index contributed by atoms with van der Waals surface area (Å²) in [5.41, 5.74) is 2.44. The number of hydrogen-bond acceptors (Lipinski definition) is 3. The molecule has 0 fully saturated rings. The van der Waals surface area contributed by atoms with Crippen LogP contribution < -0.4 is 10.9 Å². The zero-order valence-corrected chi connectivity index (χ0v) is 13.8. The van der Waals surface area contributed by atoms with Gasteiger partial charge in [-0.1, -0.05) is 22.0 Å². The summed E-state index contributed by atoms with van der Waals surface area (Å²) in [4.78, 5) is 23.6. The molecule has 1 aliphatic rings. The van der Waals surface area contributed by atoms with E-state index in [1.807, 2.05) is 6.07 Å². The molecule has 0 saturated carbocycles. The number of thioether (sulfide) groups is 1. The molecule has 5 nitrogen and oxygen atoms in total. The van der Waals surface area contributed by atoms with Crippen molar-refractivity contribution < 1.29 is 4.79 Å². The molecular formula is C14H14BrN3O2S. The van der Waals surface area contributed by atoms with Gasteiger partial charge in [-0.15, -0.1) is 0 Å². The lowest BCUT2D eigenvalue weighted by molar-refractivity contribution is 0.0931. The molecule has 2 aromatic rings. The predicted octanol–water partition coefficient (Wildman–Crippen LogP) is 2.19. The number of aryl methyl sites for hydroxylation is 1. The fraction of sp³-hybridized carbons (Fsp3) is 0.286. The Hall–Kier alpha value is -1.47. The summed E-state index contributed by atoms with van der Waals surface area (Å²) in [5, 5.41) is 5.55. The highest BCUT2D eigenvalue weighted by molar-refractivity contribution is 9.10. The molecule has 2 heterocycles. The van der Waals surface area contributed by atoms with E-state index in [2.05, 4.69) is 38.5 Å². The Bertz CT molecular complexity index is 753. The van der Waals surface area contributed by atoms with E-state index >= 15 is 0 Å². The highest BCUT2D eigenvalue weighted by atomic mass is 79.9. The predicted molar refractivity (Wildman–Crippen MR) is 86.5 cm³/mol. The summed E-state index contributed by atoms with van der Waals surface area (Å²) < 4.78 is 2.44. The van der Waals surface area contributed by atoms with Gasteiger partial charge in [-0.25, -0.2) is 0 Å². The van der Waals surface area contributed by atoms with Gasteiger partial charge in [-0.2, -0.15) is 11.8 Å². The number of rotatable bonds is 2. The third-order valence-electron chi connectivity index (χ3n) is 3.47. The topological polar surface area (TPSA) is 66.9 Å². The highest BCUT2D eigenvalue weighted by Crippen LogP contribution is 2.33. The first-order chi connectivity index (χ1) is 10.0. The van der Waals surface area contributed by atoms with Crippen LogP contribution in [0.2, 0.25) is 0 Å². The normalized spacial score (nSPS) is 17.3. The van der Waals surface area contributed by atoms with Gasteiger partial charge in [0.15, 0.2) is 0 Å². The molecule has 1 aromatic carbocycles. The number of hydrogen-bond donors (Lipinski definition) is 2. The zero-order valence-electron chi connectivity index (χ0n) is 11.4. The van der Waals surface area contributed by atoms with Crippen molar-refractivity contribution in [3.05, 3.63) is 55.9 Å². The zero-order chi connectivity index (χ0) is 15.0. The van der Waals surface area contributed by atoms with Gasteiger partial charge in [0.1, 0.15) is 5.69 Å². The van der Waals surface area contributed by atoms with Crippen LogP contribution in [0.5, 0.6) is 0 Å². The Morgan fingerprint density at radius 1 is 1.48 bits per heavy atom. The molecular weight excluding hydrogens is 354 g/mol. The first-order valence-corrected chi connectivity index (χ1v) is 8.42. The van der Waals surface area contributed by atoms with E-state index in [9.17, 15) is 9.59 Å². The number of H-pyrrole nitrogens is 1. The van der Waals surface area contributed by atoms with Gasteiger partial charge in [-0.05, 0) is 23.3 Å². The molecule has 1 aromatic heterocycles. The van der Waals surface area contributed by atoms with Gasteiger partial charge < -0.3 is 5.32 Å². The molecule has 110 valence electrons. The van der Waals surface area contributed by atoms with E-state index in [0.29, 0.717) is 5.69 Å². The number of amides is 1. The van der Waals surface area contributed by atoms with E-state index in [-0.39, 0.29) is 17.5 Å². The molecule has 0 aliphatic carbocycles. The standard InChI is InChI=1S/C14H14BrN3O2S/c1-18-12(5-13(19)17-18)14(20)16-11-7-21-6-8-2-3-9(15)4-10(8)11/h2-5,11H,6-7H2,1H3,(H,16,20)(H,17,19). The molecule has 1 aliphatic heterocycles. The Labute approximate surface area is 134 Å². The minimum absolute atomic E-state index is 0.0475. The molecule has 21 heavy (non-hydrogen) atoms. The minimum atomic E-state index is -0.274. The lowest BCUT2D eigenvalue weighted by Crippen LogP contribution is -2.33. The van der Waals surface area contributed by atoms with E-state index < -0.39 is 0 Å². The van der Waals surface area contributed by atoms with E-state index in [4.69, 9.17) is 0 Å². The number of nitrogens with one attached hydrogen (secondary N) is 2. The van der Waals surface area contributed by atoms with Crippen LogP contribution in [-0.4, -0.2) is 21.4 Å². The minimum Gasteiger partial charge on any atom is -0.343 e. The summed E-state index contributed by atoms with van der Waals surface area (Å²) in [6, 6.07) is 7.41. The first kappa shape index (κ1) is 14.5. The van der Waals surface area contributed by atoms with Crippen molar-refractivity contribution in [1.29, 1.82) is 0 Å². The van der Waals surface area contributed by atoms with Gasteiger partial charge in [0, 0.05) is 29.1 Å². The molecule has 0 radical (unpaired) electrons. The smallest absolute Gasteiger partial charge is 0.270 e. The van der Waals surface area contributed by atoms with Crippen LogP contribution in [0, 0.1) is 0 Å². The van der Waals surface area contributed by atoms with Crippen molar-refractivity contribution in [3.63, 3.8) is 0 Å². The van der Waals surface area contributed by atoms with Crippen LogP contribution in [-0.2, 0) is 12.8 Å². The van der Waals surface area contributed by atoms with Gasteiger partial charge in [0.05, 0.1) is 6.04 Å². The molecule has 0 spiro atoms. The summed E-state index contributed by atoms with van der Waals surface area (Å²) in [7, 11) is 1.65. The van der Waals surface area contributed by atoms with Crippen molar-refractivity contribution in [2.45, 2.75) is 11.8 Å². The Morgan fingerprint density at radius 2 is 2.29 bits per heavy atom. The van der Waals surface area contributed by atoms with Gasteiger partial charge in [0.25, 0.3) is 11.5 Å². The number of aromatic amines is 1. The summed E-state index contributed by atoms with van der Waals surface area (Å²) in [6.07, 6.45) is 0. The van der Waals surface area contributed by atoms with Crippen molar-refractivity contribution in [3.8, 4) is 0 Å². The summed E-state index contributed by atoms with van der Waals surface area (Å²) in [5.74, 6) is 1.54. The maximum atomic E-state index is 12.3. The molecule has 0 saturated heterocycles. The van der Waals surface area contributed by atoms with Gasteiger partial charge in [-0.3, -0.25) is 19.4 Å². The Morgan fingerprint density at radius 3 is 3.00 bits per heavy atom. The van der Waals surface area contributed by atoms with E-state index in [1.54, 1.807) is 18.8 Å². The lowest BCUT2D eigenvalue weighted by Gasteiger charge is -2.26. The first-order valence-electron chi connectivity index (χ1n) is 6.47. The number of aromatic nitrogens is 2. The van der Waals surface area contributed by atoms with Gasteiger partial charge in [0.2, 0.25) is 0 Å². The monoisotopic (exact) mass is 367 g/mol. The van der Waals surface area contributed by atoms with Crippen molar-refractivity contribution >= 4 is 33.6 Å². The van der Waals surface area contributed by atoms with Crippen LogP contribution in [0.15, 0.2) is 33.5 Å². The summed E-state index contributed by atoms with van der Waals surface area (Å²) >= 11 is 5.27. The van der Waals surface area contributed by atoms with Crippen molar-refractivity contribution in [2.24, 2.45) is 7.05 Å². The van der Waals surface area contributed by atoms with Crippen LogP contribution in [0.1, 0.15) is 27.7 Å². The Kier molecular flexibility index (Phi) is 3.95. The fourth-order valence-electron chi connectivity index (χ4n) is 2.45. The lowest BCUT2D eigenvalue weighted by atomic mass is 10.0. The number of benzene rings is 1. The van der Waals surface area contributed by atoms with Crippen LogP contribution in [0.3, 0.4) is 0 Å². The third kappa shape index (κ3) is 2.94. The van der Waals surface area contributed by atoms with Crippen molar-refractivity contribution in [2.75, 3.05) is 5.75 Å².